The third kappa shape index (κ3) is 2.90. The summed E-state index contributed by atoms with van der Waals surface area (Å²) in [5.41, 5.74) is 1.74. The van der Waals surface area contributed by atoms with Gasteiger partial charge in [0.25, 0.3) is 5.91 Å². The highest BCUT2D eigenvalue weighted by Gasteiger charge is 2.55. The molecule has 2 heterocycles. The van der Waals surface area contributed by atoms with Crippen molar-refractivity contribution in [1.29, 1.82) is 0 Å². The zero-order valence-electron chi connectivity index (χ0n) is 15.1. The number of benzene rings is 1. The van der Waals surface area contributed by atoms with E-state index < -0.39 is 17.5 Å². The molecule has 0 radical (unpaired) electrons. The van der Waals surface area contributed by atoms with Gasteiger partial charge < -0.3 is 10.6 Å². The van der Waals surface area contributed by atoms with Gasteiger partial charge >= 0.3 is 6.03 Å². The van der Waals surface area contributed by atoms with E-state index in [4.69, 9.17) is 0 Å². The normalized spacial score (nSPS) is 21.1. The van der Waals surface area contributed by atoms with Crippen molar-refractivity contribution in [1.82, 2.24) is 15.2 Å². The number of nitrogens with one attached hydrogen (secondary N) is 2. The Morgan fingerprint density at radius 3 is 2.89 bits per heavy atom. The van der Waals surface area contributed by atoms with E-state index in [1.807, 2.05) is 43.5 Å². The topological polar surface area (TPSA) is 91.4 Å². The van der Waals surface area contributed by atoms with Crippen LogP contribution in [0.5, 0.6) is 0 Å². The molecule has 8 heteroatoms. The van der Waals surface area contributed by atoms with Gasteiger partial charge in [-0.15, -0.1) is 11.3 Å². The number of anilines is 1. The largest absolute Gasteiger partial charge is 0.325 e. The molecule has 4 amide bonds. The summed E-state index contributed by atoms with van der Waals surface area (Å²) in [4.78, 5) is 43.2. The summed E-state index contributed by atoms with van der Waals surface area (Å²) in [6, 6.07) is 7.08. The zero-order valence-corrected chi connectivity index (χ0v) is 15.9. The van der Waals surface area contributed by atoms with E-state index in [2.05, 4.69) is 15.6 Å². The van der Waals surface area contributed by atoms with Crippen molar-refractivity contribution >= 4 is 34.3 Å². The average molecular weight is 384 g/mol. The van der Waals surface area contributed by atoms with Crippen LogP contribution >= 0.6 is 11.3 Å². The summed E-state index contributed by atoms with van der Waals surface area (Å²) in [6.07, 6.45) is 1.23. The number of aryl methyl sites for hydroxylation is 1. The summed E-state index contributed by atoms with van der Waals surface area (Å²) in [7, 11) is 0. The third-order valence-electron chi connectivity index (χ3n) is 5.08. The van der Waals surface area contributed by atoms with Gasteiger partial charge in [-0.2, -0.15) is 0 Å². The van der Waals surface area contributed by atoms with Gasteiger partial charge in [0.1, 0.15) is 12.1 Å². The van der Waals surface area contributed by atoms with Gasteiger partial charge in [0.2, 0.25) is 5.91 Å². The van der Waals surface area contributed by atoms with Crippen molar-refractivity contribution in [2.24, 2.45) is 0 Å². The lowest BCUT2D eigenvalue weighted by atomic mass is 9.92. The number of imide groups is 1. The Morgan fingerprint density at radius 2 is 2.15 bits per heavy atom. The number of aromatic nitrogens is 1. The first-order valence-corrected chi connectivity index (χ1v) is 9.76. The molecule has 27 heavy (non-hydrogen) atoms. The molecular weight excluding hydrogens is 364 g/mol. The van der Waals surface area contributed by atoms with Crippen LogP contribution in [0.2, 0.25) is 0 Å². The Bertz CT molecular complexity index is 939. The molecule has 1 aliphatic carbocycles. The molecule has 1 spiro atoms. The second kappa shape index (κ2) is 6.45. The maximum Gasteiger partial charge on any atom is 0.325 e. The Balaban J connectivity index is 1.49. The molecule has 0 saturated carbocycles. The highest BCUT2D eigenvalue weighted by Crippen LogP contribution is 2.41. The number of fused-ring (bicyclic) bond motifs is 2. The van der Waals surface area contributed by atoms with Gasteiger partial charge in [0.05, 0.1) is 5.69 Å². The molecular formula is C19H20N4O3S. The summed E-state index contributed by atoms with van der Waals surface area (Å²) in [5, 5.41) is 7.85. The smallest absolute Gasteiger partial charge is 0.319 e. The van der Waals surface area contributed by atoms with Gasteiger partial charge in [0, 0.05) is 5.38 Å². The van der Waals surface area contributed by atoms with Crippen LogP contribution in [0.4, 0.5) is 9.93 Å². The first-order valence-electron chi connectivity index (χ1n) is 8.88. The van der Waals surface area contributed by atoms with Gasteiger partial charge in [-0.1, -0.05) is 38.1 Å². The van der Waals surface area contributed by atoms with Gasteiger partial charge in [-0.25, -0.2) is 9.78 Å². The van der Waals surface area contributed by atoms with Crippen LogP contribution in [0.15, 0.2) is 29.6 Å². The number of amides is 4. The average Bonchev–Trinajstić information content (AvgIpc) is 3.30. The van der Waals surface area contributed by atoms with E-state index in [-0.39, 0.29) is 18.4 Å². The standard InChI is InChI=1S/C19H20N4O3S/c1-11(2)14-10-27-17(20-14)21-15(24)9-23-16(25)19(22-18(23)26)8-7-12-5-3-4-6-13(12)19/h3-6,10-11H,7-9H2,1-2H3,(H,22,26)(H,20,21,24)/t19-/m0/s1. The molecule has 7 nitrogen and oxygen atoms in total. The fourth-order valence-corrected chi connectivity index (χ4v) is 4.53. The van der Waals surface area contributed by atoms with Gasteiger partial charge in [-0.05, 0) is 29.9 Å². The Morgan fingerprint density at radius 1 is 1.37 bits per heavy atom. The minimum absolute atomic E-state index is 0.264. The minimum atomic E-state index is -1.04. The molecule has 4 rings (SSSR count). The Labute approximate surface area is 160 Å². The van der Waals surface area contributed by atoms with Crippen molar-refractivity contribution in [2.45, 2.75) is 38.1 Å². The number of carbonyl (C=O) groups excluding carboxylic acids is 3. The lowest BCUT2D eigenvalue weighted by Crippen LogP contribution is -2.42. The fourth-order valence-electron chi connectivity index (χ4n) is 3.64. The first kappa shape index (κ1) is 17.7. The number of hydrogen-bond donors (Lipinski definition) is 2. The van der Waals surface area contributed by atoms with Crippen LogP contribution in [-0.2, 0) is 21.5 Å². The fraction of sp³-hybridized carbons (Fsp3) is 0.368. The number of thiazole rings is 1. The van der Waals surface area contributed by atoms with E-state index in [9.17, 15) is 14.4 Å². The van der Waals surface area contributed by atoms with Crippen LogP contribution in [-0.4, -0.2) is 34.3 Å². The zero-order chi connectivity index (χ0) is 19.2. The molecule has 1 aromatic heterocycles. The molecule has 0 unspecified atom stereocenters. The quantitative estimate of drug-likeness (QED) is 0.793. The van der Waals surface area contributed by atoms with Gasteiger partial charge in [-0.3, -0.25) is 14.5 Å². The highest BCUT2D eigenvalue weighted by molar-refractivity contribution is 7.13. The maximum absolute atomic E-state index is 13.0. The molecule has 2 aromatic rings. The predicted octanol–water partition coefficient (Wildman–Crippen LogP) is 2.60. The number of carbonyl (C=O) groups is 3. The minimum Gasteiger partial charge on any atom is -0.319 e. The molecule has 1 aliphatic heterocycles. The maximum atomic E-state index is 13.0. The van der Waals surface area contributed by atoms with Crippen molar-refractivity contribution in [3.05, 3.63) is 46.5 Å². The molecule has 1 aromatic carbocycles. The number of urea groups is 1. The highest BCUT2D eigenvalue weighted by atomic mass is 32.1. The van der Waals surface area contributed by atoms with Crippen molar-refractivity contribution in [3.8, 4) is 0 Å². The van der Waals surface area contributed by atoms with Crippen LogP contribution in [0.1, 0.15) is 43.0 Å². The van der Waals surface area contributed by atoms with E-state index >= 15 is 0 Å². The summed E-state index contributed by atoms with van der Waals surface area (Å²) in [5.74, 6) is -0.541. The van der Waals surface area contributed by atoms with E-state index in [0.29, 0.717) is 11.6 Å². The molecule has 1 fully saturated rings. The Kier molecular flexibility index (Phi) is 4.22. The van der Waals surface area contributed by atoms with Crippen molar-refractivity contribution in [2.75, 3.05) is 11.9 Å². The molecule has 0 bridgehead atoms. The molecule has 140 valence electrons. The summed E-state index contributed by atoms with van der Waals surface area (Å²) in [6.45, 7) is 3.71. The molecule has 1 saturated heterocycles. The monoisotopic (exact) mass is 384 g/mol. The Hall–Kier alpha value is -2.74. The predicted molar refractivity (Wildman–Crippen MR) is 102 cm³/mol. The second-order valence-electron chi connectivity index (χ2n) is 7.16. The summed E-state index contributed by atoms with van der Waals surface area (Å²) < 4.78 is 0. The van der Waals surface area contributed by atoms with E-state index in [1.54, 1.807) is 0 Å². The first-order chi connectivity index (χ1) is 12.9. The van der Waals surface area contributed by atoms with Crippen LogP contribution in [0.3, 0.4) is 0 Å². The van der Waals surface area contributed by atoms with Crippen LogP contribution < -0.4 is 10.6 Å². The molecule has 2 aliphatic rings. The van der Waals surface area contributed by atoms with Crippen molar-refractivity contribution < 1.29 is 14.4 Å². The third-order valence-corrected chi connectivity index (χ3v) is 5.86. The number of nitrogens with zero attached hydrogens (tertiary/aromatic N) is 2. The number of rotatable bonds is 4. The second-order valence-corrected chi connectivity index (χ2v) is 8.02. The summed E-state index contributed by atoms with van der Waals surface area (Å²) >= 11 is 1.33. The van der Waals surface area contributed by atoms with Crippen LogP contribution in [0.25, 0.3) is 0 Å². The van der Waals surface area contributed by atoms with E-state index in [1.165, 1.54) is 11.3 Å². The molecule has 2 N–H and O–H groups in total. The van der Waals surface area contributed by atoms with Gasteiger partial charge in [0.15, 0.2) is 5.13 Å². The molecule has 1 atom stereocenters. The lowest BCUT2D eigenvalue weighted by Gasteiger charge is -2.22. The lowest BCUT2D eigenvalue weighted by molar-refractivity contribution is -0.134. The van der Waals surface area contributed by atoms with E-state index in [0.717, 1.165) is 28.1 Å². The van der Waals surface area contributed by atoms with Crippen molar-refractivity contribution in [3.63, 3.8) is 0 Å². The number of hydrogen-bond acceptors (Lipinski definition) is 5. The SMILES string of the molecule is CC(C)c1csc(NC(=O)CN2C(=O)N[C@]3(CCc4ccccc43)C2=O)n1. The van der Waals surface area contributed by atoms with Crippen LogP contribution in [0, 0.1) is 0 Å².